The summed E-state index contributed by atoms with van der Waals surface area (Å²) in [5.41, 5.74) is 2.33. The molecule has 2 rings (SSSR count). The van der Waals surface area contributed by atoms with Crippen molar-refractivity contribution < 1.29 is 4.79 Å². The molecule has 0 radical (unpaired) electrons. The van der Waals surface area contributed by atoms with Gasteiger partial charge in [-0.2, -0.15) is 0 Å². The zero-order valence-corrected chi connectivity index (χ0v) is 11.9. The SMILES string of the molecule is CCNc1ccc(Cl)cc1C(=O)NCc1ccncc1. The summed E-state index contributed by atoms with van der Waals surface area (Å²) in [5.74, 6) is -0.153. The van der Waals surface area contributed by atoms with Crippen molar-refractivity contribution in [1.82, 2.24) is 10.3 Å². The Morgan fingerprint density at radius 2 is 2.00 bits per heavy atom. The van der Waals surface area contributed by atoms with Gasteiger partial charge in [-0.25, -0.2) is 0 Å². The largest absolute Gasteiger partial charge is 0.385 e. The van der Waals surface area contributed by atoms with Gasteiger partial charge in [-0.3, -0.25) is 9.78 Å². The van der Waals surface area contributed by atoms with Gasteiger partial charge in [0.05, 0.1) is 5.56 Å². The minimum absolute atomic E-state index is 0.153. The van der Waals surface area contributed by atoms with Crippen molar-refractivity contribution in [3.63, 3.8) is 0 Å². The Morgan fingerprint density at radius 1 is 1.25 bits per heavy atom. The topological polar surface area (TPSA) is 54.0 Å². The lowest BCUT2D eigenvalue weighted by Crippen LogP contribution is -2.24. The standard InChI is InChI=1S/C15H16ClN3O/c1-2-18-14-4-3-12(16)9-13(14)15(20)19-10-11-5-7-17-8-6-11/h3-9,18H,2,10H2,1H3,(H,19,20). The maximum atomic E-state index is 12.2. The second kappa shape index (κ2) is 6.91. The summed E-state index contributed by atoms with van der Waals surface area (Å²) in [6.07, 6.45) is 3.40. The molecule has 0 bridgehead atoms. The number of hydrogen-bond donors (Lipinski definition) is 2. The highest BCUT2D eigenvalue weighted by molar-refractivity contribution is 6.31. The van der Waals surface area contributed by atoms with Gasteiger partial charge in [-0.15, -0.1) is 0 Å². The summed E-state index contributed by atoms with van der Waals surface area (Å²) >= 11 is 5.96. The number of carbonyl (C=O) groups excluding carboxylic acids is 1. The molecule has 1 amide bonds. The highest BCUT2D eigenvalue weighted by Gasteiger charge is 2.11. The van der Waals surface area contributed by atoms with E-state index in [4.69, 9.17) is 11.6 Å². The molecular formula is C15H16ClN3O. The van der Waals surface area contributed by atoms with Crippen molar-refractivity contribution in [2.24, 2.45) is 0 Å². The van der Waals surface area contributed by atoms with Crippen molar-refractivity contribution in [2.75, 3.05) is 11.9 Å². The van der Waals surface area contributed by atoms with Gasteiger partial charge < -0.3 is 10.6 Å². The summed E-state index contributed by atoms with van der Waals surface area (Å²) in [6.45, 7) is 3.18. The molecule has 0 unspecified atom stereocenters. The second-order valence-corrected chi connectivity index (χ2v) is 4.69. The van der Waals surface area contributed by atoms with Crippen LogP contribution >= 0.6 is 11.6 Å². The van der Waals surface area contributed by atoms with Crippen LogP contribution in [-0.4, -0.2) is 17.4 Å². The zero-order valence-electron chi connectivity index (χ0n) is 11.2. The van der Waals surface area contributed by atoms with Crippen LogP contribution in [0.5, 0.6) is 0 Å². The van der Waals surface area contributed by atoms with E-state index in [0.717, 1.165) is 17.8 Å². The van der Waals surface area contributed by atoms with Gasteiger partial charge in [0.1, 0.15) is 0 Å². The highest BCUT2D eigenvalue weighted by atomic mass is 35.5. The first kappa shape index (κ1) is 14.3. The van der Waals surface area contributed by atoms with E-state index in [1.807, 2.05) is 25.1 Å². The normalized spacial score (nSPS) is 10.1. The molecule has 4 nitrogen and oxygen atoms in total. The lowest BCUT2D eigenvalue weighted by atomic mass is 10.1. The number of benzene rings is 1. The molecule has 0 aliphatic rings. The molecule has 1 aromatic carbocycles. The molecule has 2 N–H and O–H groups in total. The first-order chi connectivity index (χ1) is 9.70. The van der Waals surface area contributed by atoms with Crippen molar-refractivity contribution in [1.29, 1.82) is 0 Å². The fourth-order valence-electron chi connectivity index (χ4n) is 1.83. The van der Waals surface area contributed by atoms with E-state index in [1.165, 1.54) is 0 Å². The van der Waals surface area contributed by atoms with Gasteiger partial charge in [-0.05, 0) is 42.8 Å². The lowest BCUT2D eigenvalue weighted by Gasteiger charge is -2.11. The molecule has 0 spiro atoms. The van der Waals surface area contributed by atoms with Gasteiger partial charge in [-0.1, -0.05) is 11.6 Å². The van der Waals surface area contributed by atoms with E-state index in [0.29, 0.717) is 17.1 Å². The Labute approximate surface area is 123 Å². The number of hydrogen-bond acceptors (Lipinski definition) is 3. The molecule has 0 atom stereocenters. The van der Waals surface area contributed by atoms with Crippen molar-refractivity contribution >= 4 is 23.2 Å². The minimum atomic E-state index is -0.153. The smallest absolute Gasteiger partial charge is 0.253 e. The molecule has 2 aromatic rings. The number of anilines is 1. The molecule has 104 valence electrons. The molecule has 1 heterocycles. The predicted octanol–water partition coefficient (Wildman–Crippen LogP) is 3.10. The number of aromatic nitrogens is 1. The van der Waals surface area contributed by atoms with Gasteiger partial charge in [0.2, 0.25) is 0 Å². The quantitative estimate of drug-likeness (QED) is 0.889. The summed E-state index contributed by atoms with van der Waals surface area (Å²) in [4.78, 5) is 16.2. The van der Waals surface area contributed by atoms with Gasteiger partial charge in [0.15, 0.2) is 0 Å². The van der Waals surface area contributed by atoms with Crippen LogP contribution in [0.1, 0.15) is 22.8 Å². The maximum Gasteiger partial charge on any atom is 0.253 e. The molecule has 5 heteroatoms. The summed E-state index contributed by atoms with van der Waals surface area (Å²) < 4.78 is 0. The van der Waals surface area contributed by atoms with Gasteiger partial charge >= 0.3 is 0 Å². The third kappa shape index (κ3) is 3.71. The minimum Gasteiger partial charge on any atom is -0.385 e. The van der Waals surface area contributed by atoms with E-state index in [1.54, 1.807) is 24.5 Å². The van der Waals surface area contributed by atoms with E-state index < -0.39 is 0 Å². The van der Waals surface area contributed by atoms with Crippen LogP contribution in [0.4, 0.5) is 5.69 Å². The van der Waals surface area contributed by atoms with Crippen LogP contribution in [0.15, 0.2) is 42.7 Å². The van der Waals surface area contributed by atoms with Crippen molar-refractivity contribution in [2.45, 2.75) is 13.5 Å². The second-order valence-electron chi connectivity index (χ2n) is 4.26. The summed E-state index contributed by atoms with van der Waals surface area (Å²) in [5, 5.41) is 6.57. The third-order valence-corrected chi connectivity index (χ3v) is 3.03. The molecular weight excluding hydrogens is 274 g/mol. The molecule has 0 aliphatic carbocycles. The average molecular weight is 290 g/mol. The first-order valence-electron chi connectivity index (χ1n) is 6.41. The van der Waals surface area contributed by atoms with Crippen LogP contribution in [0.2, 0.25) is 5.02 Å². The number of halogens is 1. The average Bonchev–Trinajstić information content (AvgIpc) is 2.48. The first-order valence-corrected chi connectivity index (χ1v) is 6.79. The molecule has 0 saturated heterocycles. The zero-order chi connectivity index (χ0) is 14.4. The lowest BCUT2D eigenvalue weighted by molar-refractivity contribution is 0.0951. The fraction of sp³-hybridized carbons (Fsp3) is 0.200. The number of carbonyl (C=O) groups is 1. The van der Waals surface area contributed by atoms with Crippen LogP contribution in [0, 0.1) is 0 Å². The number of rotatable bonds is 5. The Balaban J connectivity index is 2.10. The summed E-state index contributed by atoms with van der Waals surface area (Å²) in [6, 6.07) is 8.97. The van der Waals surface area contributed by atoms with Crippen LogP contribution in [0.3, 0.4) is 0 Å². The Hall–Kier alpha value is -2.07. The molecule has 0 aliphatic heterocycles. The van der Waals surface area contributed by atoms with E-state index in [9.17, 15) is 4.79 Å². The third-order valence-electron chi connectivity index (χ3n) is 2.80. The number of nitrogens with zero attached hydrogens (tertiary/aromatic N) is 1. The number of amides is 1. The van der Waals surface area contributed by atoms with Crippen LogP contribution in [-0.2, 0) is 6.54 Å². The Bertz CT molecular complexity index is 587. The van der Waals surface area contributed by atoms with E-state index in [-0.39, 0.29) is 5.91 Å². The van der Waals surface area contributed by atoms with Crippen molar-refractivity contribution in [3.8, 4) is 0 Å². The van der Waals surface area contributed by atoms with Crippen LogP contribution < -0.4 is 10.6 Å². The summed E-state index contributed by atoms with van der Waals surface area (Å²) in [7, 11) is 0. The fourth-order valence-corrected chi connectivity index (χ4v) is 2.00. The highest BCUT2D eigenvalue weighted by Crippen LogP contribution is 2.20. The maximum absolute atomic E-state index is 12.2. The van der Waals surface area contributed by atoms with Gasteiger partial charge in [0.25, 0.3) is 5.91 Å². The molecule has 20 heavy (non-hydrogen) atoms. The van der Waals surface area contributed by atoms with Gasteiger partial charge in [0, 0.05) is 36.2 Å². The molecule has 0 saturated carbocycles. The predicted molar refractivity (Wildman–Crippen MR) is 81.0 cm³/mol. The van der Waals surface area contributed by atoms with E-state index in [2.05, 4.69) is 15.6 Å². The van der Waals surface area contributed by atoms with Crippen molar-refractivity contribution in [3.05, 3.63) is 58.9 Å². The molecule has 1 aromatic heterocycles. The monoisotopic (exact) mass is 289 g/mol. The van der Waals surface area contributed by atoms with E-state index >= 15 is 0 Å². The molecule has 0 fully saturated rings. The van der Waals surface area contributed by atoms with Crippen LogP contribution in [0.25, 0.3) is 0 Å². The number of nitrogens with one attached hydrogen (secondary N) is 2. The Kier molecular flexibility index (Phi) is 4.96. The Morgan fingerprint density at radius 3 is 2.70 bits per heavy atom. The number of pyridine rings is 1.